The summed E-state index contributed by atoms with van der Waals surface area (Å²) in [4.78, 5) is 74.7. The SMILES string of the molecule is O=C(c1ccccc1)c1ccc(N2C(=O)[C@H]3[C@H](CC=C4[C@H]3C[C@H]3C(=O)N(c5cccc(Cl)c5)C(=O)[C@@]3(c3ccccc3)[C@H]4c3ccc(O)cc3Cl)C2=O)cc1. The molecule has 2 heterocycles. The lowest BCUT2D eigenvalue weighted by molar-refractivity contribution is -0.127. The van der Waals surface area contributed by atoms with E-state index in [4.69, 9.17) is 23.2 Å². The van der Waals surface area contributed by atoms with Crippen molar-refractivity contribution in [3.8, 4) is 5.75 Å². The molecule has 9 rings (SSSR count). The van der Waals surface area contributed by atoms with Crippen molar-refractivity contribution in [3.63, 3.8) is 0 Å². The predicted octanol–water partition coefficient (Wildman–Crippen LogP) is 8.30. The van der Waals surface area contributed by atoms with E-state index >= 15 is 4.79 Å². The van der Waals surface area contributed by atoms with E-state index in [0.717, 1.165) is 5.57 Å². The second kappa shape index (κ2) is 13.2. The minimum absolute atomic E-state index is 0.0674. The van der Waals surface area contributed by atoms with Crippen LogP contribution in [0.2, 0.25) is 10.0 Å². The lowest BCUT2D eigenvalue weighted by atomic mass is 9.49. The third kappa shape index (κ3) is 5.23. The number of amides is 4. The lowest BCUT2D eigenvalue weighted by Gasteiger charge is -2.51. The van der Waals surface area contributed by atoms with Gasteiger partial charge in [-0.05, 0) is 84.5 Å². The standard InChI is InChI=1S/C45H32Cl2N2O6/c46-28-12-7-13-30(22-28)49-42(53)36-24-35-32(39(33-19-18-31(50)23-37(33)47)45(36,44(49)55)27-10-5-2-6-11-27)20-21-34-38(35)43(54)48(41(34)52)29-16-14-26(15-17-29)40(51)25-8-3-1-4-9-25/h1-20,22-23,34-36,38-39,50H,21,24H2/t34-,35+,36-,38-,39+,45+/m0/s1. The second-order valence-corrected chi connectivity index (χ2v) is 15.4. The average Bonchev–Trinajstić information content (AvgIpc) is 3.59. The third-order valence-corrected chi connectivity index (χ3v) is 12.4. The molecule has 4 amide bonds. The Morgan fingerprint density at radius 1 is 0.673 bits per heavy atom. The molecular formula is C45H32Cl2N2O6. The predicted molar refractivity (Wildman–Crippen MR) is 208 cm³/mol. The Balaban J connectivity index is 1.17. The molecule has 0 radical (unpaired) electrons. The summed E-state index contributed by atoms with van der Waals surface area (Å²) >= 11 is 13.4. The highest BCUT2D eigenvalue weighted by Crippen LogP contribution is 2.65. The smallest absolute Gasteiger partial charge is 0.246 e. The first-order chi connectivity index (χ1) is 26.6. The van der Waals surface area contributed by atoms with Crippen molar-refractivity contribution in [2.75, 3.05) is 9.80 Å². The maximum Gasteiger partial charge on any atom is 0.246 e. The molecule has 6 atom stereocenters. The topological polar surface area (TPSA) is 112 Å². The van der Waals surface area contributed by atoms with Crippen molar-refractivity contribution in [2.45, 2.75) is 24.2 Å². The first kappa shape index (κ1) is 34.9. The van der Waals surface area contributed by atoms with Crippen LogP contribution in [-0.4, -0.2) is 34.5 Å². The van der Waals surface area contributed by atoms with Crippen LogP contribution in [0.4, 0.5) is 11.4 Å². The molecule has 0 unspecified atom stereocenters. The number of allylic oxidation sites excluding steroid dienone is 2. The summed E-state index contributed by atoms with van der Waals surface area (Å²) in [7, 11) is 0. The van der Waals surface area contributed by atoms with Gasteiger partial charge in [0.2, 0.25) is 23.6 Å². The highest BCUT2D eigenvalue weighted by molar-refractivity contribution is 6.33. The number of hydrogen-bond donors (Lipinski definition) is 1. The molecule has 0 bridgehead atoms. The van der Waals surface area contributed by atoms with E-state index in [9.17, 15) is 24.3 Å². The van der Waals surface area contributed by atoms with Gasteiger partial charge in [-0.15, -0.1) is 0 Å². The van der Waals surface area contributed by atoms with Gasteiger partial charge in [-0.25, -0.2) is 4.90 Å². The number of phenols is 1. The molecule has 2 aliphatic carbocycles. The largest absolute Gasteiger partial charge is 0.508 e. The Morgan fingerprint density at radius 3 is 2.05 bits per heavy atom. The van der Waals surface area contributed by atoms with Gasteiger partial charge in [0.1, 0.15) is 5.75 Å². The highest BCUT2D eigenvalue weighted by atomic mass is 35.5. The van der Waals surface area contributed by atoms with Gasteiger partial charge >= 0.3 is 0 Å². The molecule has 1 saturated carbocycles. The molecule has 10 heteroatoms. The number of anilines is 2. The van der Waals surface area contributed by atoms with Crippen molar-refractivity contribution in [2.24, 2.45) is 23.7 Å². The van der Waals surface area contributed by atoms with Crippen LogP contribution in [0.1, 0.15) is 45.8 Å². The summed E-state index contributed by atoms with van der Waals surface area (Å²) in [5.41, 5.74) is 1.99. The fourth-order valence-electron chi connectivity index (χ4n) is 9.61. The molecule has 272 valence electrons. The number of carbonyl (C=O) groups is 5. The number of nitrogens with zero attached hydrogens (tertiary/aromatic N) is 2. The summed E-state index contributed by atoms with van der Waals surface area (Å²) in [6.07, 6.45) is 2.30. The van der Waals surface area contributed by atoms with Crippen LogP contribution in [0.3, 0.4) is 0 Å². The molecular weight excluding hydrogens is 735 g/mol. The van der Waals surface area contributed by atoms with Gasteiger partial charge in [0, 0.05) is 27.1 Å². The minimum atomic E-state index is -1.50. The third-order valence-electron chi connectivity index (χ3n) is 11.9. The molecule has 55 heavy (non-hydrogen) atoms. The summed E-state index contributed by atoms with van der Waals surface area (Å²) in [6.45, 7) is 0. The molecule has 2 aliphatic heterocycles. The van der Waals surface area contributed by atoms with Crippen molar-refractivity contribution >= 4 is 64.0 Å². The van der Waals surface area contributed by atoms with Crippen LogP contribution in [0.15, 0.2) is 139 Å². The van der Waals surface area contributed by atoms with Gasteiger partial charge < -0.3 is 5.11 Å². The molecule has 0 aromatic heterocycles. The number of aromatic hydroxyl groups is 1. The highest BCUT2D eigenvalue weighted by Gasteiger charge is 2.70. The minimum Gasteiger partial charge on any atom is -0.508 e. The number of ketones is 1. The molecule has 3 fully saturated rings. The Labute approximate surface area is 326 Å². The first-order valence-electron chi connectivity index (χ1n) is 18.1. The van der Waals surface area contributed by atoms with Crippen LogP contribution in [0.5, 0.6) is 5.75 Å². The fraction of sp³-hybridized carbons (Fsp3) is 0.178. The number of fused-ring (bicyclic) bond motifs is 4. The summed E-state index contributed by atoms with van der Waals surface area (Å²) in [6, 6.07) is 35.6. The molecule has 5 aromatic rings. The maximum absolute atomic E-state index is 15.4. The zero-order valence-corrected chi connectivity index (χ0v) is 30.7. The zero-order chi connectivity index (χ0) is 38.2. The number of benzene rings is 5. The zero-order valence-electron chi connectivity index (χ0n) is 29.1. The molecule has 5 aromatic carbocycles. The fourth-order valence-corrected chi connectivity index (χ4v) is 10.1. The van der Waals surface area contributed by atoms with Gasteiger partial charge in [0.05, 0.1) is 34.5 Å². The molecule has 8 nitrogen and oxygen atoms in total. The maximum atomic E-state index is 15.4. The van der Waals surface area contributed by atoms with Gasteiger partial charge in [-0.3, -0.25) is 28.9 Å². The Morgan fingerprint density at radius 2 is 1.36 bits per heavy atom. The number of rotatable bonds is 6. The van der Waals surface area contributed by atoms with Gasteiger partial charge in [-0.2, -0.15) is 0 Å². The van der Waals surface area contributed by atoms with Crippen LogP contribution >= 0.6 is 23.2 Å². The molecule has 1 N–H and O–H groups in total. The number of phenolic OH excluding ortho intramolecular Hbond substituents is 1. The molecule has 2 saturated heterocycles. The van der Waals surface area contributed by atoms with E-state index in [1.54, 1.807) is 78.9 Å². The van der Waals surface area contributed by atoms with E-state index in [0.29, 0.717) is 38.7 Å². The monoisotopic (exact) mass is 766 g/mol. The van der Waals surface area contributed by atoms with Crippen LogP contribution in [0.25, 0.3) is 0 Å². The Kier molecular flexibility index (Phi) is 8.37. The first-order valence-corrected chi connectivity index (χ1v) is 18.8. The van der Waals surface area contributed by atoms with Gasteiger partial charge in [0.15, 0.2) is 5.78 Å². The van der Waals surface area contributed by atoms with Crippen molar-refractivity contribution in [1.29, 1.82) is 0 Å². The van der Waals surface area contributed by atoms with Crippen molar-refractivity contribution < 1.29 is 29.1 Å². The second-order valence-electron chi connectivity index (χ2n) is 14.6. The quantitative estimate of drug-likeness (QED) is 0.106. The number of imide groups is 2. The van der Waals surface area contributed by atoms with E-state index in [-0.39, 0.29) is 35.3 Å². The average molecular weight is 768 g/mol. The summed E-state index contributed by atoms with van der Waals surface area (Å²) in [5, 5.41) is 11.0. The number of halogens is 2. The Hall–Kier alpha value is -5.83. The van der Waals surface area contributed by atoms with Crippen LogP contribution in [-0.2, 0) is 24.6 Å². The van der Waals surface area contributed by atoms with E-state index in [1.165, 1.54) is 21.9 Å². The van der Waals surface area contributed by atoms with E-state index < -0.39 is 52.7 Å². The van der Waals surface area contributed by atoms with Crippen LogP contribution in [0, 0.1) is 23.7 Å². The van der Waals surface area contributed by atoms with Crippen molar-refractivity contribution in [3.05, 3.63) is 171 Å². The van der Waals surface area contributed by atoms with Gasteiger partial charge in [-0.1, -0.05) is 108 Å². The van der Waals surface area contributed by atoms with Crippen molar-refractivity contribution in [1.82, 2.24) is 0 Å². The molecule has 0 spiro atoms. The Bertz CT molecular complexity index is 2470. The lowest BCUT2D eigenvalue weighted by Crippen LogP contribution is -2.53. The number of carbonyl (C=O) groups excluding carboxylic acids is 5. The summed E-state index contributed by atoms with van der Waals surface area (Å²) in [5.74, 6) is -5.84. The van der Waals surface area contributed by atoms with Gasteiger partial charge in [0.25, 0.3) is 0 Å². The number of hydrogen-bond acceptors (Lipinski definition) is 6. The summed E-state index contributed by atoms with van der Waals surface area (Å²) < 4.78 is 0. The van der Waals surface area contributed by atoms with E-state index in [2.05, 4.69) is 0 Å². The molecule has 4 aliphatic rings. The van der Waals surface area contributed by atoms with Crippen LogP contribution < -0.4 is 9.80 Å². The van der Waals surface area contributed by atoms with E-state index in [1.807, 2.05) is 42.5 Å². The normalized spacial score (nSPS) is 25.7.